The fourth-order valence-corrected chi connectivity index (χ4v) is 4.46. The third kappa shape index (κ3) is 3.45. The van der Waals surface area contributed by atoms with Gasteiger partial charge in [0.2, 0.25) is 5.91 Å². The van der Waals surface area contributed by atoms with Crippen LogP contribution >= 0.6 is 11.3 Å². The predicted molar refractivity (Wildman–Crippen MR) is 105 cm³/mol. The van der Waals surface area contributed by atoms with Gasteiger partial charge in [-0.05, 0) is 36.1 Å². The summed E-state index contributed by atoms with van der Waals surface area (Å²) in [5.74, 6) is 0.0686. The average molecular weight is 366 g/mol. The first-order valence-corrected chi connectivity index (χ1v) is 9.87. The summed E-state index contributed by atoms with van der Waals surface area (Å²) in [5.41, 5.74) is 2.39. The van der Waals surface area contributed by atoms with Gasteiger partial charge in [-0.25, -0.2) is 0 Å². The van der Waals surface area contributed by atoms with E-state index < -0.39 is 0 Å². The topological polar surface area (TPSA) is 37.3 Å². The maximum Gasteiger partial charge on any atom is 0.234 e. The normalized spacial score (nSPS) is 18.3. The van der Waals surface area contributed by atoms with Crippen LogP contribution in [0.5, 0.6) is 0 Å². The van der Waals surface area contributed by atoms with Crippen LogP contribution in [-0.4, -0.2) is 28.5 Å². The van der Waals surface area contributed by atoms with Crippen molar-refractivity contribution in [3.8, 4) is 0 Å². The first-order chi connectivity index (χ1) is 12.7. The number of benzene rings is 1. The number of fused-ring (bicyclic) bond motifs is 1. The van der Waals surface area contributed by atoms with E-state index in [4.69, 9.17) is 0 Å². The molecule has 5 heteroatoms. The zero-order valence-electron chi connectivity index (χ0n) is 14.8. The van der Waals surface area contributed by atoms with Gasteiger partial charge in [0.15, 0.2) is 0 Å². The Balaban J connectivity index is 1.48. The molecule has 0 saturated heterocycles. The molecule has 0 aliphatic carbocycles. The Hall–Kier alpha value is -2.37. The second kappa shape index (κ2) is 7.48. The molecular weight excluding hydrogens is 342 g/mol. The zero-order valence-corrected chi connectivity index (χ0v) is 15.7. The molecule has 0 bridgehead atoms. The van der Waals surface area contributed by atoms with Crippen molar-refractivity contribution in [2.75, 3.05) is 13.1 Å². The second-order valence-electron chi connectivity index (χ2n) is 6.70. The smallest absolute Gasteiger partial charge is 0.234 e. The van der Waals surface area contributed by atoms with Crippen LogP contribution in [0.15, 0.2) is 66.2 Å². The monoisotopic (exact) mass is 365 g/mol. The molecule has 134 valence electrons. The largest absolute Gasteiger partial charge is 0.349 e. The summed E-state index contributed by atoms with van der Waals surface area (Å²) in [6, 6.07) is 18.7. The molecule has 1 aromatic carbocycles. The third-order valence-electron chi connectivity index (χ3n) is 5.08. The van der Waals surface area contributed by atoms with Crippen molar-refractivity contribution in [1.82, 2.24) is 14.8 Å². The summed E-state index contributed by atoms with van der Waals surface area (Å²) in [7, 11) is 0. The van der Waals surface area contributed by atoms with Crippen LogP contribution in [0.1, 0.15) is 35.1 Å². The Kier molecular flexibility index (Phi) is 4.91. The summed E-state index contributed by atoms with van der Waals surface area (Å²) in [5, 5.41) is 5.30. The van der Waals surface area contributed by atoms with Crippen LogP contribution in [0.2, 0.25) is 0 Å². The van der Waals surface area contributed by atoms with E-state index in [0.717, 1.165) is 23.5 Å². The van der Waals surface area contributed by atoms with Gasteiger partial charge in [-0.1, -0.05) is 36.4 Å². The van der Waals surface area contributed by atoms with E-state index in [9.17, 15) is 4.79 Å². The van der Waals surface area contributed by atoms with Gasteiger partial charge in [0, 0.05) is 35.9 Å². The van der Waals surface area contributed by atoms with Crippen LogP contribution in [0, 0.1) is 0 Å². The number of amides is 1. The maximum absolute atomic E-state index is 12.8. The predicted octanol–water partition coefficient (Wildman–Crippen LogP) is 3.83. The molecule has 3 heterocycles. The lowest BCUT2D eigenvalue weighted by Gasteiger charge is -2.34. The molecule has 1 aliphatic rings. The van der Waals surface area contributed by atoms with Crippen molar-refractivity contribution in [2.24, 2.45) is 0 Å². The highest BCUT2D eigenvalue weighted by Crippen LogP contribution is 2.27. The first-order valence-electron chi connectivity index (χ1n) is 8.99. The minimum atomic E-state index is -0.0901. The lowest BCUT2D eigenvalue weighted by molar-refractivity contribution is -0.123. The maximum atomic E-state index is 12.8. The highest BCUT2D eigenvalue weighted by molar-refractivity contribution is 7.10. The molecule has 1 N–H and O–H groups in total. The van der Waals surface area contributed by atoms with Crippen molar-refractivity contribution in [3.63, 3.8) is 0 Å². The summed E-state index contributed by atoms with van der Waals surface area (Å²) >= 11 is 1.67. The lowest BCUT2D eigenvalue weighted by atomic mass is 10.1. The third-order valence-corrected chi connectivity index (χ3v) is 6.02. The van der Waals surface area contributed by atoms with Gasteiger partial charge < -0.3 is 9.88 Å². The van der Waals surface area contributed by atoms with Crippen molar-refractivity contribution in [2.45, 2.75) is 25.6 Å². The fourth-order valence-electron chi connectivity index (χ4n) is 3.65. The molecule has 0 spiro atoms. The van der Waals surface area contributed by atoms with Gasteiger partial charge >= 0.3 is 0 Å². The SMILES string of the molecule is C[C@@H]1c2cccn2CCN1CC(=O)N[C@@H](c1ccccc1)c1cccs1. The minimum absolute atomic E-state index is 0.0686. The quantitative estimate of drug-likeness (QED) is 0.746. The molecule has 2 atom stereocenters. The molecule has 0 saturated carbocycles. The molecule has 2 aromatic heterocycles. The van der Waals surface area contributed by atoms with Crippen LogP contribution in [0.4, 0.5) is 0 Å². The van der Waals surface area contributed by atoms with Crippen LogP contribution in [0.25, 0.3) is 0 Å². The van der Waals surface area contributed by atoms with Gasteiger partial charge in [-0.15, -0.1) is 11.3 Å². The molecule has 0 radical (unpaired) electrons. The molecule has 4 rings (SSSR count). The summed E-state index contributed by atoms with van der Waals surface area (Å²) in [6.07, 6.45) is 2.12. The summed E-state index contributed by atoms with van der Waals surface area (Å²) in [4.78, 5) is 16.2. The van der Waals surface area contributed by atoms with Gasteiger partial charge in [-0.3, -0.25) is 9.69 Å². The van der Waals surface area contributed by atoms with E-state index in [1.807, 2.05) is 24.3 Å². The van der Waals surface area contributed by atoms with Gasteiger partial charge in [0.1, 0.15) is 0 Å². The molecule has 3 aromatic rings. The second-order valence-corrected chi connectivity index (χ2v) is 7.68. The fraction of sp³-hybridized carbons (Fsp3) is 0.286. The number of rotatable bonds is 5. The van der Waals surface area contributed by atoms with Crippen LogP contribution in [0.3, 0.4) is 0 Å². The van der Waals surface area contributed by atoms with Gasteiger partial charge in [0.25, 0.3) is 0 Å². The van der Waals surface area contributed by atoms with Crippen LogP contribution < -0.4 is 5.32 Å². The number of carbonyl (C=O) groups excluding carboxylic acids is 1. The zero-order chi connectivity index (χ0) is 17.9. The Morgan fingerprint density at radius 1 is 1.15 bits per heavy atom. The van der Waals surface area contributed by atoms with Crippen molar-refractivity contribution >= 4 is 17.2 Å². The van der Waals surface area contributed by atoms with Crippen molar-refractivity contribution in [1.29, 1.82) is 0 Å². The number of hydrogen-bond acceptors (Lipinski definition) is 3. The minimum Gasteiger partial charge on any atom is -0.349 e. The van der Waals surface area contributed by atoms with Crippen molar-refractivity contribution in [3.05, 3.63) is 82.3 Å². The Morgan fingerprint density at radius 3 is 2.77 bits per heavy atom. The lowest BCUT2D eigenvalue weighted by Crippen LogP contribution is -2.44. The number of hydrogen-bond donors (Lipinski definition) is 1. The highest BCUT2D eigenvalue weighted by atomic mass is 32.1. The number of nitrogens with one attached hydrogen (secondary N) is 1. The van der Waals surface area contributed by atoms with Crippen molar-refractivity contribution < 1.29 is 4.79 Å². The highest BCUT2D eigenvalue weighted by Gasteiger charge is 2.26. The average Bonchev–Trinajstić information content (AvgIpc) is 3.35. The number of thiophene rings is 1. The van der Waals surface area contributed by atoms with E-state index in [1.54, 1.807) is 11.3 Å². The van der Waals surface area contributed by atoms with E-state index in [0.29, 0.717) is 6.54 Å². The van der Waals surface area contributed by atoms with Gasteiger partial charge in [-0.2, -0.15) is 0 Å². The summed E-state index contributed by atoms with van der Waals surface area (Å²) < 4.78 is 2.28. The van der Waals surface area contributed by atoms with Gasteiger partial charge in [0.05, 0.1) is 12.6 Å². The molecule has 0 fully saturated rings. The van der Waals surface area contributed by atoms with E-state index in [1.165, 1.54) is 5.69 Å². The molecule has 4 nitrogen and oxygen atoms in total. The first kappa shape index (κ1) is 17.1. The Bertz CT molecular complexity index is 857. The Labute approximate surface area is 158 Å². The number of nitrogens with zero attached hydrogens (tertiary/aromatic N) is 2. The van der Waals surface area contributed by atoms with E-state index in [2.05, 4.69) is 63.6 Å². The number of carbonyl (C=O) groups is 1. The van der Waals surface area contributed by atoms with Crippen LogP contribution in [-0.2, 0) is 11.3 Å². The Morgan fingerprint density at radius 2 is 2.00 bits per heavy atom. The molecule has 1 aliphatic heterocycles. The number of aromatic nitrogens is 1. The molecular formula is C21H23N3OS. The molecule has 1 amide bonds. The van der Waals surface area contributed by atoms with E-state index in [-0.39, 0.29) is 18.0 Å². The van der Waals surface area contributed by atoms with E-state index >= 15 is 0 Å². The summed E-state index contributed by atoms with van der Waals surface area (Å²) in [6.45, 7) is 4.42. The molecule has 0 unspecified atom stereocenters. The standard InChI is InChI=1S/C21H23N3OS/c1-16-18-9-5-11-23(18)12-13-24(16)15-20(25)22-21(19-10-6-14-26-19)17-7-3-2-4-8-17/h2-11,14,16,21H,12-13,15H2,1H3,(H,22,25)/t16-,21+/m1/s1. The molecule has 26 heavy (non-hydrogen) atoms.